The molecule has 2 rings (SSSR count). The zero-order chi connectivity index (χ0) is 12.3. The van der Waals surface area contributed by atoms with E-state index in [0.29, 0.717) is 6.42 Å². The van der Waals surface area contributed by atoms with Gasteiger partial charge in [-0.2, -0.15) is 11.3 Å². The van der Waals surface area contributed by atoms with Gasteiger partial charge in [0.1, 0.15) is 0 Å². The summed E-state index contributed by atoms with van der Waals surface area (Å²) in [5, 5.41) is 14.2. The van der Waals surface area contributed by atoms with E-state index >= 15 is 0 Å². The fraction of sp³-hybridized carbons (Fsp3) is 0.286. The number of nitrogens with zero attached hydrogens (tertiary/aromatic N) is 1. The smallest absolute Gasteiger partial charge is 0.0830 e. The average Bonchev–Trinajstić information content (AvgIpc) is 2.82. The third-order valence-corrected chi connectivity index (χ3v) is 3.54. The second-order valence-corrected chi connectivity index (χ2v) is 5.12. The minimum absolute atomic E-state index is 0.416. The first-order valence-electron chi connectivity index (χ1n) is 5.63. The molecule has 1 N–H and O–H groups in total. The van der Waals surface area contributed by atoms with Crippen LogP contribution >= 0.6 is 11.3 Å². The normalized spacial score (nSPS) is 12.4. The SMILES string of the molecule is CN(C)c1ccc(C(O)Cc2ccsc2)cc1. The first-order valence-corrected chi connectivity index (χ1v) is 6.57. The van der Waals surface area contributed by atoms with Crippen molar-refractivity contribution < 1.29 is 5.11 Å². The van der Waals surface area contributed by atoms with Crippen molar-refractivity contribution in [1.29, 1.82) is 0 Å². The van der Waals surface area contributed by atoms with Gasteiger partial charge in [-0.1, -0.05) is 12.1 Å². The van der Waals surface area contributed by atoms with E-state index in [-0.39, 0.29) is 0 Å². The van der Waals surface area contributed by atoms with E-state index in [9.17, 15) is 5.11 Å². The van der Waals surface area contributed by atoms with E-state index in [4.69, 9.17) is 0 Å². The lowest BCUT2D eigenvalue weighted by Crippen LogP contribution is -2.09. The molecule has 0 amide bonds. The number of aliphatic hydroxyl groups excluding tert-OH is 1. The summed E-state index contributed by atoms with van der Waals surface area (Å²) >= 11 is 1.67. The largest absolute Gasteiger partial charge is 0.388 e. The molecule has 1 unspecified atom stereocenters. The minimum Gasteiger partial charge on any atom is -0.388 e. The quantitative estimate of drug-likeness (QED) is 0.897. The Kier molecular flexibility index (Phi) is 3.82. The third-order valence-electron chi connectivity index (χ3n) is 2.80. The molecule has 0 saturated carbocycles. The fourth-order valence-corrected chi connectivity index (χ4v) is 2.43. The number of rotatable bonds is 4. The highest BCUT2D eigenvalue weighted by Crippen LogP contribution is 2.22. The molecule has 1 aromatic carbocycles. The second-order valence-electron chi connectivity index (χ2n) is 4.34. The van der Waals surface area contributed by atoms with Crippen molar-refractivity contribution in [3.63, 3.8) is 0 Å². The van der Waals surface area contributed by atoms with E-state index in [2.05, 4.69) is 16.3 Å². The highest BCUT2D eigenvalue weighted by molar-refractivity contribution is 7.07. The Morgan fingerprint density at radius 1 is 1.18 bits per heavy atom. The molecule has 1 aromatic heterocycles. The van der Waals surface area contributed by atoms with Crippen LogP contribution in [0.4, 0.5) is 5.69 Å². The molecular formula is C14H17NOS. The van der Waals surface area contributed by atoms with Crippen LogP contribution in [0.3, 0.4) is 0 Å². The molecular weight excluding hydrogens is 230 g/mol. The number of hydrogen-bond donors (Lipinski definition) is 1. The van der Waals surface area contributed by atoms with Crippen LogP contribution in [0.5, 0.6) is 0 Å². The maximum Gasteiger partial charge on any atom is 0.0830 e. The summed E-state index contributed by atoms with van der Waals surface area (Å²) in [6, 6.07) is 10.1. The number of anilines is 1. The summed E-state index contributed by atoms with van der Waals surface area (Å²) in [5.74, 6) is 0. The second kappa shape index (κ2) is 5.34. The summed E-state index contributed by atoms with van der Waals surface area (Å²) < 4.78 is 0. The Bertz CT molecular complexity index is 448. The molecule has 2 aromatic rings. The van der Waals surface area contributed by atoms with Crippen molar-refractivity contribution in [3.05, 3.63) is 52.2 Å². The summed E-state index contributed by atoms with van der Waals surface area (Å²) in [6.45, 7) is 0. The van der Waals surface area contributed by atoms with Gasteiger partial charge in [-0.15, -0.1) is 0 Å². The maximum absolute atomic E-state index is 10.1. The van der Waals surface area contributed by atoms with E-state index in [1.165, 1.54) is 5.56 Å². The Balaban J connectivity index is 2.06. The first kappa shape index (κ1) is 12.1. The van der Waals surface area contributed by atoms with Crippen LogP contribution in [0.15, 0.2) is 41.1 Å². The van der Waals surface area contributed by atoms with Gasteiger partial charge in [-0.3, -0.25) is 0 Å². The molecule has 0 aliphatic heterocycles. The molecule has 0 aliphatic rings. The molecule has 0 aliphatic carbocycles. The highest BCUT2D eigenvalue weighted by Gasteiger charge is 2.09. The molecule has 0 radical (unpaired) electrons. The maximum atomic E-state index is 10.1. The zero-order valence-corrected chi connectivity index (χ0v) is 10.9. The summed E-state index contributed by atoms with van der Waals surface area (Å²) in [7, 11) is 4.02. The van der Waals surface area contributed by atoms with E-state index in [1.54, 1.807) is 11.3 Å². The lowest BCUT2D eigenvalue weighted by molar-refractivity contribution is 0.178. The fourth-order valence-electron chi connectivity index (χ4n) is 1.74. The van der Waals surface area contributed by atoms with E-state index in [0.717, 1.165) is 11.3 Å². The molecule has 2 nitrogen and oxygen atoms in total. The average molecular weight is 247 g/mol. The number of benzene rings is 1. The van der Waals surface area contributed by atoms with Gasteiger partial charge in [0.05, 0.1) is 6.10 Å². The van der Waals surface area contributed by atoms with Gasteiger partial charge in [0.25, 0.3) is 0 Å². The number of thiophene rings is 1. The van der Waals surface area contributed by atoms with Gasteiger partial charge in [0.2, 0.25) is 0 Å². The van der Waals surface area contributed by atoms with Crippen molar-refractivity contribution in [2.75, 3.05) is 19.0 Å². The minimum atomic E-state index is -0.416. The molecule has 0 saturated heterocycles. The van der Waals surface area contributed by atoms with Crippen LogP contribution in [0, 0.1) is 0 Å². The Labute approximate surface area is 106 Å². The van der Waals surface area contributed by atoms with Gasteiger partial charge in [0, 0.05) is 26.2 Å². The van der Waals surface area contributed by atoms with E-state index < -0.39 is 6.10 Å². The topological polar surface area (TPSA) is 23.5 Å². The Morgan fingerprint density at radius 2 is 1.88 bits per heavy atom. The monoisotopic (exact) mass is 247 g/mol. The highest BCUT2D eigenvalue weighted by atomic mass is 32.1. The molecule has 90 valence electrons. The lowest BCUT2D eigenvalue weighted by atomic mass is 10.0. The lowest BCUT2D eigenvalue weighted by Gasteiger charge is -2.15. The molecule has 0 spiro atoms. The van der Waals surface area contributed by atoms with Gasteiger partial charge in [-0.25, -0.2) is 0 Å². The molecule has 3 heteroatoms. The van der Waals surface area contributed by atoms with Crippen LogP contribution < -0.4 is 4.90 Å². The van der Waals surface area contributed by atoms with Crippen molar-refractivity contribution in [1.82, 2.24) is 0 Å². The van der Waals surface area contributed by atoms with Gasteiger partial charge in [0.15, 0.2) is 0 Å². The Morgan fingerprint density at radius 3 is 2.41 bits per heavy atom. The predicted octanol–water partition coefficient (Wildman–Crippen LogP) is 3.09. The van der Waals surface area contributed by atoms with Crippen LogP contribution in [0.2, 0.25) is 0 Å². The predicted molar refractivity (Wildman–Crippen MR) is 73.8 cm³/mol. The first-order chi connectivity index (χ1) is 8.16. The summed E-state index contributed by atoms with van der Waals surface area (Å²) in [4.78, 5) is 2.05. The van der Waals surface area contributed by atoms with Crippen LogP contribution in [-0.2, 0) is 6.42 Å². The standard InChI is InChI=1S/C14H17NOS/c1-15(2)13-5-3-12(4-6-13)14(16)9-11-7-8-17-10-11/h3-8,10,14,16H,9H2,1-2H3. The van der Waals surface area contributed by atoms with Gasteiger partial charge >= 0.3 is 0 Å². The van der Waals surface area contributed by atoms with Crippen LogP contribution in [0.1, 0.15) is 17.2 Å². The van der Waals surface area contributed by atoms with E-state index in [1.807, 2.05) is 43.7 Å². The van der Waals surface area contributed by atoms with Crippen molar-refractivity contribution >= 4 is 17.0 Å². The van der Waals surface area contributed by atoms with Crippen molar-refractivity contribution in [2.24, 2.45) is 0 Å². The summed E-state index contributed by atoms with van der Waals surface area (Å²) in [6.07, 6.45) is 0.269. The summed E-state index contributed by atoms with van der Waals surface area (Å²) in [5.41, 5.74) is 3.32. The van der Waals surface area contributed by atoms with Gasteiger partial charge < -0.3 is 10.0 Å². The number of hydrogen-bond acceptors (Lipinski definition) is 3. The third kappa shape index (κ3) is 3.08. The van der Waals surface area contributed by atoms with Crippen LogP contribution in [0.25, 0.3) is 0 Å². The molecule has 1 heterocycles. The van der Waals surface area contributed by atoms with Gasteiger partial charge in [-0.05, 0) is 40.1 Å². The molecule has 17 heavy (non-hydrogen) atoms. The zero-order valence-electron chi connectivity index (χ0n) is 10.1. The molecule has 1 atom stereocenters. The molecule has 0 bridgehead atoms. The molecule has 0 fully saturated rings. The van der Waals surface area contributed by atoms with Crippen molar-refractivity contribution in [3.8, 4) is 0 Å². The van der Waals surface area contributed by atoms with Crippen LogP contribution in [-0.4, -0.2) is 19.2 Å². The van der Waals surface area contributed by atoms with Crippen molar-refractivity contribution in [2.45, 2.75) is 12.5 Å². The number of aliphatic hydroxyl groups is 1. The Hall–Kier alpha value is -1.32.